The molecule has 0 aliphatic carbocycles. The van der Waals surface area contributed by atoms with Gasteiger partial charge in [0.15, 0.2) is 0 Å². The number of benzene rings is 2. The highest BCUT2D eigenvalue weighted by Crippen LogP contribution is 2.18. The second kappa shape index (κ2) is 7.35. The van der Waals surface area contributed by atoms with E-state index in [0.717, 1.165) is 12.1 Å². The Morgan fingerprint density at radius 1 is 0.920 bits per heavy atom. The van der Waals surface area contributed by atoms with Gasteiger partial charge in [-0.1, -0.05) is 30.3 Å². The number of nitrogens with two attached hydrogens (primary N) is 1. The molecule has 2 N–H and O–H groups in total. The SMILES string of the molecule is NC(=O)c1ccc(CN2CCN(S(=O)(=O)c3ccccc3)CC2)cc1. The van der Waals surface area contributed by atoms with Gasteiger partial charge < -0.3 is 5.73 Å². The molecule has 0 bridgehead atoms. The van der Waals surface area contributed by atoms with Gasteiger partial charge in [-0.25, -0.2) is 8.42 Å². The fraction of sp³-hybridized carbons (Fsp3) is 0.278. The molecule has 1 aliphatic rings. The van der Waals surface area contributed by atoms with Crippen molar-refractivity contribution in [2.24, 2.45) is 5.73 Å². The van der Waals surface area contributed by atoms with Crippen molar-refractivity contribution in [3.63, 3.8) is 0 Å². The van der Waals surface area contributed by atoms with Crippen molar-refractivity contribution < 1.29 is 13.2 Å². The first-order valence-corrected chi connectivity index (χ1v) is 9.57. The van der Waals surface area contributed by atoms with Crippen LogP contribution in [0.5, 0.6) is 0 Å². The summed E-state index contributed by atoms with van der Waals surface area (Å²) in [5, 5.41) is 0. The highest BCUT2D eigenvalue weighted by Gasteiger charge is 2.28. The van der Waals surface area contributed by atoms with E-state index in [1.807, 2.05) is 12.1 Å². The number of sulfonamides is 1. The molecule has 1 aliphatic heterocycles. The zero-order valence-electron chi connectivity index (χ0n) is 13.8. The highest BCUT2D eigenvalue weighted by molar-refractivity contribution is 7.89. The van der Waals surface area contributed by atoms with E-state index in [1.54, 1.807) is 42.5 Å². The summed E-state index contributed by atoms with van der Waals surface area (Å²) in [5.74, 6) is -0.439. The van der Waals surface area contributed by atoms with E-state index in [9.17, 15) is 13.2 Å². The summed E-state index contributed by atoms with van der Waals surface area (Å²) in [7, 11) is -3.42. The van der Waals surface area contributed by atoms with E-state index < -0.39 is 15.9 Å². The van der Waals surface area contributed by atoms with Crippen LogP contribution in [0.1, 0.15) is 15.9 Å². The van der Waals surface area contributed by atoms with Crippen LogP contribution in [0.3, 0.4) is 0 Å². The molecule has 1 heterocycles. The van der Waals surface area contributed by atoms with E-state index >= 15 is 0 Å². The first-order valence-electron chi connectivity index (χ1n) is 8.13. The lowest BCUT2D eigenvalue weighted by Gasteiger charge is -2.34. The van der Waals surface area contributed by atoms with Crippen LogP contribution in [-0.4, -0.2) is 49.7 Å². The maximum absolute atomic E-state index is 12.6. The Morgan fingerprint density at radius 2 is 1.52 bits per heavy atom. The monoisotopic (exact) mass is 359 g/mol. The Kier molecular flexibility index (Phi) is 5.17. The summed E-state index contributed by atoms with van der Waals surface area (Å²) in [6.45, 7) is 3.00. The smallest absolute Gasteiger partial charge is 0.248 e. The summed E-state index contributed by atoms with van der Waals surface area (Å²) < 4.78 is 26.8. The molecule has 6 nitrogen and oxygen atoms in total. The van der Waals surface area contributed by atoms with Crippen LogP contribution in [-0.2, 0) is 16.6 Å². The lowest BCUT2D eigenvalue weighted by molar-refractivity contribution is 0.1000. The fourth-order valence-electron chi connectivity index (χ4n) is 2.90. The van der Waals surface area contributed by atoms with E-state index in [2.05, 4.69) is 4.90 Å². The molecule has 0 spiro atoms. The summed E-state index contributed by atoms with van der Waals surface area (Å²) >= 11 is 0. The van der Waals surface area contributed by atoms with Crippen LogP contribution < -0.4 is 5.73 Å². The van der Waals surface area contributed by atoms with Crippen molar-refractivity contribution in [1.82, 2.24) is 9.21 Å². The number of carbonyl (C=O) groups is 1. The molecule has 3 rings (SSSR count). The first-order chi connectivity index (χ1) is 12.0. The average molecular weight is 359 g/mol. The lowest BCUT2D eigenvalue weighted by Crippen LogP contribution is -2.48. The number of primary amides is 1. The van der Waals surface area contributed by atoms with Gasteiger partial charge in [0.2, 0.25) is 15.9 Å². The Hall–Kier alpha value is -2.22. The quantitative estimate of drug-likeness (QED) is 0.872. The van der Waals surface area contributed by atoms with Crippen molar-refractivity contribution in [2.45, 2.75) is 11.4 Å². The van der Waals surface area contributed by atoms with Crippen molar-refractivity contribution in [3.05, 3.63) is 65.7 Å². The Morgan fingerprint density at radius 3 is 2.08 bits per heavy atom. The molecular formula is C18H21N3O3S. The minimum absolute atomic E-state index is 0.338. The van der Waals surface area contributed by atoms with Gasteiger partial charge in [0.05, 0.1) is 4.90 Å². The predicted octanol–water partition coefficient (Wildman–Crippen LogP) is 1.29. The van der Waals surface area contributed by atoms with Crippen LogP contribution in [0.15, 0.2) is 59.5 Å². The minimum Gasteiger partial charge on any atom is -0.366 e. The van der Waals surface area contributed by atoms with Gasteiger partial charge in [-0.15, -0.1) is 0 Å². The van der Waals surface area contributed by atoms with Gasteiger partial charge in [0.1, 0.15) is 0 Å². The standard InChI is InChI=1S/C18H21N3O3S/c19-18(22)16-8-6-15(7-9-16)14-20-10-12-21(13-11-20)25(23,24)17-4-2-1-3-5-17/h1-9H,10-14H2,(H2,19,22). The summed E-state index contributed by atoms with van der Waals surface area (Å²) in [4.78, 5) is 13.6. The second-order valence-electron chi connectivity index (χ2n) is 6.05. The molecule has 0 saturated carbocycles. The number of rotatable bonds is 5. The number of carbonyl (C=O) groups excluding carboxylic acids is 1. The van der Waals surface area contributed by atoms with Crippen LogP contribution in [0.25, 0.3) is 0 Å². The number of amides is 1. The molecule has 1 fully saturated rings. The Balaban J connectivity index is 1.59. The molecule has 1 amide bonds. The van der Waals surface area contributed by atoms with Crippen LogP contribution >= 0.6 is 0 Å². The van der Waals surface area contributed by atoms with Crippen LogP contribution in [0, 0.1) is 0 Å². The molecule has 0 aromatic heterocycles. The van der Waals surface area contributed by atoms with Crippen molar-refractivity contribution in [3.8, 4) is 0 Å². The number of piperazine rings is 1. The van der Waals surface area contributed by atoms with E-state index in [-0.39, 0.29) is 0 Å². The molecule has 0 radical (unpaired) electrons. The van der Waals surface area contributed by atoms with Crippen LogP contribution in [0.4, 0.5) is 0 Å². The molecule has 0 atom stereocenters. The first kappa shape index (κ1) is 17.6. The van der Waals surface area contributed by atoms with Crippen molar-refractivity contribution in [2.75, 3.05) is 26.2 Å². The Labute approximate surface area is 147 Å². The molecule has 132 valence electrons. The van der Waals surface area contributed by atoms with Gasteiger partial charge >= 0.3 is 0 Å². The predicted molar refractivity (Wildman–Crippen MR) is 95.4 cm³/mol. The third kappa shape index (κ3) is 4.07. The average Bonchev–Trinajstić information content (AvgIpc) is 2.63. The van der Waals surface area contributed by atoms with E-state index in [1.165, 1.54) is 4.31 Å². The molecule has 1 saturated heterocycles. The van der Waals surface area contributed by atoms with E-state index in [0.29, 0.717) is 36.6 Å². The van der Waals surface area contributed by atoms with Crippen LogP contribution in [0.2, 0.25) is 0 Å². The van der Waals surface area contributed by atoms with Gasteiger partial charge in [-0.2, -0.15) is 4.31 Å². The number of hydrogen-bond donors (Lipinski definition) is 1. The molecule has 7 heteroatoms. The fourth-order valence-corrected chi connectivity index (χ4v) is 4.35. The zero-order chi connectivity index (χ0) is 17.9. The third-order valence-corrected chi connectivity index (χ3v) is 6.27. The molecule has 0 unspecified atom stereocenters. The number of nitrogens with zero attached hydrogens (tertiary/aromatic N) is 2. The largest absolute Gasteiger partial charge is 0.366 e. The highest BCUT2D eigenvalue weighted by atomic mass is 32.2. The number of hydrogen-bond acceptors (Lipinski definition) is 4. The molecular weight excluding hydrogens is 338 g/mol. The minimum atomic E-state index is -3.42. The summed E-state index contributed by atoms with van der Waals surface area (Å²) in [6.07, 6.45) is 0. The Bertz CT molecular complexity index is 828. The maximum atomic E-state index is 12.6. The van der Waals surface area contributed by atoms with Gasteiger partial charge in [-0.3, -0.25) is 9.69 Å². The molecule has 2 aromatic rings. The molecule has 25 heavy (non-hydrogen) atoms. The second-order valence-corrected chi connectivity index (χ2v) is 7.99. The van der Waals surface area contributed by atoms with Gasteiger partial charge in [-0.05, 0) is 29.8 Å². The zero-order valence-corrected chi connectivity index (χ0v) is 14.7. The normalized spacial score (nSPS) is 16.6. The van der Waals surface area contributed by atoms with E-state index in [4.69, 9.17) is 5.73 Å². The summed E-state index contributed by atoms with van der Waals surface area (Å²) in [5.41, 5.74) is 6.80. The topological polar surface area (TPSA) is 83.7 Å². The summed E-state index contributed by atoms with van der Waals surface area (Å²) in [6, 6.07) is 15.7. The van der Waals surface area contributed by atoms with Crippen molar-refractivity contribution in [1.29, 1.82) is 0 Å². The van der Waals surface area contributed by atoms with Crippen molar-refractivity contribution >= 4 is 15.9 Å². The maximum Gasteiger partial charge on any atom is 0.248 e. The van der Waals surface area contributed by atoms with Gasteiger partial charge in [0, 0.05) is 38.3 Å². The molecule has 2 aromatic carbocycles. The third-order valence-electron chi connectivity index (χ3n) is 4.36. The van der Waals surface area contributed by atoms with Gasteiger partial charge in [0.25, 0.3) is 0 Å². The lowest BCUT2D eigenvalue weighted by atomic mass is 10.1.